The summed E-state index contributed by atoms with van der Waals surface area (Å²) in [6.07, 6.45) is 0.705. The summed E-state index contributed by atoms with van der Waals surface area (Å²) in [5.74, 6) is 0. The molecular formula is C8H12O2S. The molecule has 0 radical (unpaired) electrons. The van der Waals surface area contributed by atoms with Crippen molar-refractivity contribution in [1.82, 2.24) is 0 Å². The van der Waals surface area contributed by atoms with Crippen molar-refractivity contribution in [3.05, 3.63) is 21.4 Å². The number of thiophene rings is 1. The average Bonchev–Trinajstić information content (AvgIpc) is 2.34. The highest BCUT2D eigenvalue weighted by Gasteiger charge is 2.04. The molecular weight excluding hydrogens is 160 g/mol. The van der Waals surface area contributed by atoms with Crippen LogP contribution in [0, 0.1) is 6.92 Å². The molecule has 0 spiro atoms. The molecule has 1 aromatic heterocycles. The van der Waals surface area contributed by atoms with Gasteiger partial charge in [-0.15, -0.1) is 11.3 Å². The smallest absolute Gasteiger partial charge is 0.0692 e. The fourth-order valence-electron chi connectivity index (χ4n) is 1.00. The van der Waals surface area contributed by atoms with Crippen LogP contribution < -0.4 is 0 Å². The maximum Gasteiger partial charge on any atom is 0.0692 e. The summed E-state index contributed by atoms with van der Waals surface area (Å²) in [5, 5.41) is 19.5. The quantitative estimate of drug-likeness (QED) is 0.716. The highest BCUT2D eigenvalue weighted by molar-refractivity contribution is 7.10. The summed E-state index contributed by atoms with van der Waals surface area (Å²) in [4.78, 5) is 1.18. The van der Waals surface area contributed by atoms with Gasteiger partial charge < -0.3 is 10.2 Å². The fraction of sp³-hybridized carbons (Fsp3) is 0.500. The molecule has 1 aromatic rings. The van der Waals surface area contributed by atoms with E-state index in [1.165, 1.54) is 4.88 Å². The van der Waals surface area contributed by atoms with E-state index >= 15 is 0 Å². The van der Waals surface area contributed by atoms with E-state index < -0.39 is 0 Å². The third-order valence-corrected chi connectivity index (χ3v) is 2.95. The summed E-state index contributed by atoms with van der Waals surface area (Å²) in [6, 6.07) is 0. The Balaban J connectivity index is 2.82. The first-order valence-corrected chi connectivity index (χ1v) is 4.45. The van der Waals surface area contributed by atoms with Crippen molar-refractivity contribution in [3.8, 4) is 0 Å². The highest BCUT2D eigenvalue weighted by Crippen LogP contribution is 2.21. The van der Waals surface area contributed by atoms with Crippen LogP contribution in [-0.4, -0.2) is 16.8 Å². The Kier molecular flexibility index (Phi) is 3.05. The average molecular weight is 172 g/mol. The Labute approximate surface area is 70.1 Å². The summed E-state index contributed by atoms with van der Waals surface area (Å²) < 4.78 is 0. The first-order valence-electron chi connectivity index (χ1n) is 3.57. The van der Waals surface area contributed by atoms with Gasteiger partial charge in [0.15, 0.2) is 0 Å². The van der Waals surface area contributed by atoms with Gasteiger partial charge in [-0.3, -0.25) is 0 Å². The van der Waals surface area contributed by atoms with Crippen LogP contribution in [0.2, 0.25) is 0 Å². The van der Waals surface area contributed by atoms with Gasteiger partial charge in [0.05, 0.1) is 6.61 Å². The SMILES string of the molecule is Cc1c(CO)csc1CCO. The first kappa shape index (κ1) is 8.71. The van der Waals surface area contributed by atoms with E-state index in [0.717, 1.165) is 11.1 Å². The summed E-state index contributed by atoms with van der Waals surface area (Å²) in [7, 11) is 0. The molecule has 11 heavy (non-hydrogen) atoms. The van der Waals surface area contributed by atoms with Crippen molar-refractivity contribution in [2.75, 3.05) is 6.61 Å². The van der Waals surface area contributed by atoms with Gasteiger partial charge in [0.1, 0.15) is 0 Å². The lowest BCUT2D eigenvalue weighted by molar-refractivity contribution is 0.281. The molecule has 0 aromatic carbocycles. The monoisotopic (exact) mass is 172 g/mol. The molecule has 0 atom stereocenters. The maximum absolute atomic E-state index is 8.84. The normalized spacial score (nSPS) is 10.5. The molecule has 0 unspecified atom stereocenters. The van der Waals surface area contributed by atoms with Crippen LogP contribution in [0.1, 0.15) is 16.0 Å². The van der Waals surface area contributed by atoms with Crippen molar-refractivity contribution >= 4 is 11.3 Å². The lowest BCUT2D eigenvalue weighted by Crippen LogP contribution is -1.90. The van der Waals surface area contributed by atoms with Crippen molar-refractivity contribution in [3.63, 3.8) is 0 Å². The van der Waals surface area contributed by atoms with E-state index in [-0.39, 0.29) is 13.2 Å². The van der Waals surface area contributed by atoms with Crippen LogP contribution in [0.5, 0.6) is 0 Å². The Morgan fingerprint density at radius 1 is 1.45 bits per heavy atom. The van der Waals surface area contributed by atoms with Gasteiger partial charge >= 0.3 is 0 Å². The predicted octanol–water partition coefficient (Wildman–Crippen LogP) is 1.08. The van der Waals surface area contributed by atoms with Crippen molar-refractivity contribution in [1.29, 1.82) is 0 Å². The highest BCUT2D eigenvalue weighted by atomic mass is 32.1. The van der Waals surface area contributed by atoms with Crippen LogP contribution >= 0.6 is 11.3 Å². The van der Waals surface area contributed by atoms with E-state index in [9.17, 15) is 0 Å². The molecule has 0 aliphatic rings. The lowest BCUT2D eigenvalue weighted by atomic mass is 10.1. The molecule has 62 valence electrons. The molecule has 2 nitrogen and oxygen atoms in total. The second-order valence-electron chi connectivity index (χ2n) is 2.44. The first-order chi connectivity index (χ1) is 5.29. The van der Waals surface area contributed by atoms with Crippen LogP contribution in [0.15, 0.2) is 5.38 Å². The maximum atomic E-state index is 8.84. The van der Waals surface area contributed by atoms with E-state index in [1.807, 2.05) is 12.3 Å². The van der Waals surface area contributed by atoms with Gasteiger partial charge in [-0.1, -0.05) is 0 Å². The third-order valence-electron chi connectivity index (χ3n) is 1.75. The molecule has 1 heterocycles. The van der Waals surface area contributed by atoms with Gasteiger partial charge in [-0.25, -0.2) is 0 Å². The van der Waals surface area contributed by atoms with Gasteiger partial charge in [-0.05, 0) is 23.4 Å². The van der Waals surface area contributed by atoms with Crippen molar-refractivity contribution in [2.24, 2.45) is 0 Å². The van der Waals surface area contributed by atoms with E-state index in [0.29, 0.717) is 6.42 Å². The van der Waals surface area contributed by atoms with Gasteiger partial charge in [0.2, 0.25) is 0 Å². The molecule has 2 N–H and O–H groups in total. The summed E-state index contributed by atoms with van der Waals surface area (Å²) >= 11 is 1.61. The molecule has 3 heteroatoms. The number of aliphatic hydroxyl groups excluding tert-OH is 2. The lowest BCUT2D eigenvalue weighted by Gasteiger charge is -1.96. The molecule has 0 aliphatic heterocycles. The van der Waals surface area contributed by atoms with E-state index in [4.69, 9.17) is 10.2 Å². The predicted molar refractivity (Wildman–Crippen MR) is 45.8 cm³/mol. The molecule has 0 fully saturated rings. The van der Waals surface area contributed by atoms with E-state index in [1.54, 1.807) is 11.3 Å². The number of aliphatic hydroxyl groups is 2. The molecule has 0 bridgehead atoms. The zero-order chi connectivity index (χ0) is 8.27. The number of hydrogen-bond acceptors (Lipinski definition) is 3. The van der Waals surface area contributed by atoms with Crippen molar-refractivity contribution < 1.29 is 10.2 Å². The third kappa shape index (κ3) is 1.80. The van der Waals surface area contributed by atoms with Crippen LogP contribution in [0.25, 0.3) is 0 Å². The number of hydrogen-bond donors (Lipinski definition) is 2. The Hall–Kier alpha value is -0.380. The van der Waals surface area contributed by atoms with Gasteiger partial charge in [-0.2, -0.15) is 0 Å². The zero-order valence-corrected chi connectivity index (χ0v) is 7.32. The zero-order valence-electron chi connectivity index (χ0n) is 6.50. The van der Waals surface area contributed by atoms with Gasteiger partial charge in [0.25, 0.3) is 0 Å². The Bertz CT molecular complexity index is 230. The second kappa shape index (κ2) is 3.85. The minimum Gasteiger partial charge on any atom is -0.396 e. The largest absolute Gasteiger partial charge is 0.396 e. The number of rotatable bonds is 3. The summed E-state index contributed by atoms with van der Waals surface area (Å²) in [5.41, 5.74) is 2.12. The second-order valence-corrected chi connectivity index (χ2v) is 3.41. The standard InChI is InChI=1S/C8H12O2S/c1-6-7(4-10)5-11-8(6)2-3-9/h5,9-10H,2-4H2,1H3. The fourth-order valence-corrected chi connectivity index (χ4v) is 2.05. The van der Waals surface area contributed by atoms with Crippen LogP contribution in [-0.2, 0) is 13.0 Å². The Morgan fingerprint density at radius 3 is 2.64 bits per heavy atom. The van der Waals surface area contributed by atoms with E-state index in [2.05, 4.69) is 0 Å². The van der Waals surface area contributed by atoms with Crippen LogP contribution in [0.3, 0.4) is 0 Å². The minimum atomic E-state index is 0.105. The summed E-state index contributed by atoms with van der Waals surface area (Å²) in [6.45, 7) is 2.27. The molecule has 0 saturated carbocycles. The molecule has 1 rings (SSSR count). The van der Waals surface area contributed by atoms with Gasteiger partial charge in [0, 0.05) is 17.9 Å². The molecule has 0 aliphatic carbocycles. The minimum absolute atomic E-state index is 0.105. The van der Waals surface area contributed by atoms with Crippen LogP contribution in [0.4, 0.5) is 0 Å². The topological polar surface area (TPSA) is 40.5 Å². The molecule has 0 amide bonds. The Morgan fingerprint density at radius 2 is 2.18 bits per heavy atom. The molecule has 0 saturated heterocycles. The van der Waals surface area contributed by atoms with Crippen molar-refractivity contribution in [2.45, 2.75) is 20.0 Å².